The SMILES string of the molecule is COc1cccc(N(CCCC(=O)NCCCN2CCCCC2)S(C)(=O)=O)c1. The lowest BCUT2D eigenvalue weighted by molar-refractivity contribution is -0.121. The van der Waals surface area contributed by atoms with E-state index in [1.54, 1.807) is 31.4 Å². The second-order valence-corrected chi connectivity index (χ2v) is 9.15. The molecule has 1 N–H and O–H groups in total. The van der Waals surface area contributed by atoms with E-state index in [-0.39, 0.29) is 12.5 Å². The first-order valence-corrected chi connectivity index (χ1v) is 11.9. The van der Waals surface area contributed by atoms with Crippen molar-refractivity contribution in [1.82, 2.24) is 10.2 Å². The van der Waals surface area contributed by atoms with Crippen molar-refractivity contribution in [3.8, 4) is 5.75 Å². The molecule has 0 bridgehead atoms. The second kappa shape index (κ2) is 11.3. The van der Waals surface area contributed by atoms with Crippen molar-refractivity contribution in [1.29, 1.82) is 0 Å². The predicted octanol–water partition coefficient (Wildman–Crippen LogP) is 2.23. The van der Waals surface area contributed by atoms with Gasteiger partial charge in [-0.15, -0.1) is 0 Å². The zero-order valence-electron chi connectivity index (χ0n) is 17.0. The summed E-state index contributed by atoms with van der Waals surface area (Å²) in [7, 11) is -1.89. The molecule has 7 nitrogen and oxygen atoms in total. The van der Waals surface area contributed by atoms with Gasteiger partial charge in [0.05, 0.1) is 19.1 Å². The largest absolute Gasteiger partial charge is 0.497 e. The Kier molecular flexibility index (Phi) is 9.05. The number of ether oxygens (including phenoxy) is 1. The molecule has 2 rings (SSSR count). The number of rotatable bonds is 11. The molecule has 1 aromatic rings. The molecule has 1 fully saturated rings. The normalized spacial score (nSPS) is 15.2. The summed E-state index contributed by atoms with van der Waals surface area (Å²) >= 11 is 0. The molecule has 1 amide bonds. The number of likely N-dealkylation sites (tertiary alicyclic amines) is 1. The van der Waals surface area contributed by atoms with E-state index < -0.39 is 10.0 Å². The topological polar surface area (TPSA) is 79.0 Å². The number of piperidine rings is 1. The Morgan fingerprint density at radius 2 is 1.96 bits per heavy atom. The average molecular weight is 412 g/mol. The van der Waals surface area contributed by atoms with Gasteiger partial charge in [0.25, 0.3) is 0 Å². The molecule has 0 radical (unpaired) electrons. The van der Waals surface area contributed by atoms with Crippen LogP contribution in [-0.2, 0) is 14.8 Å². The van der Waals surface area contributed by atoms with Crippen LogP contribution in [0, 0.1) is 0 Å². The highest BCUT2D eigenvalue weighted by Gasteiger charge is 2.18. The fourth-order valence-corrected chi connectivity index (χ4v) is 4.39. The van der Waals surface area contributed by atoms with Crippen LogP contribution in [0.15, 0.2) is 24.3 Å². The highest BCUT2D eigenvalue weighted by Crippen LogP contribution is 2.23. The van der Waals surface area contributed by atoms with E-state index in [2.05, 4.69) is 10.2 Å². The number of hydrogen-bond acceptors (Lipinski definition) is 5. The average Bonchev–Trinajstić information content (AvgIpc) is 2.68. The number of benzene rings is 1. The van der Waals surface area contributed by atoms with E-state index in [0.29, 0.717) is 30.8 Å². The van der Waals surface area contributed by atoms with Crippen LogP contribution >= 0.6 is 0 Å². The van der Waals surface area contributed by atoms with Crippen molar-refractivity contribution in [2.45, 2.75) is 38.5 Å². The molecule has 0 aliphatic carbocycles. The maximum atomic E-state index is 12.1. The van der Waals surface area contributed by atoms with Crippen LogP contribution in [0.4, 0.5) is 5.69 Å². The molecule has 1 aromatic carbocycles. The van der Waals surface area contributed by atoms with E-state index in [1.165, 1.54) is 42.9 Å². The first-order valence-electron chi connectivity index (χ1n) is 10.0. The second-order valence-electron chi connectivity index (χ2n) is 7.25. The summed E-state index contributed by atoms with van der Waals surface area (Å²) in [5.74, 6) is 0.565. The van der Waals surface area contributed by atoms with Gasteiger partial charge in [-0.25, -0.2) is 8.42 Å². The third kappa shape index (κ3) is 7.67. The Hall–Kier alpha value is -1.80. The van der Waals surface area contributed by atoms with Gasteiger partial charge in [0.15, 0.2) is 0 Å². The molecule has 1 saturated heterocycles. The van der Waals surface area contributed by atoms with Crippen LogP contribution in [0.25, 0.3) is 0 Å². The lowest BCUT2D eigenvalue weighted by Gasteiger charge is -2.26. The molecule has 1 aliphatic heterocycles. The van der Waals surface area contributed by atoms with Crippen LogP contribution in [0.1, 0.15) is 38.5 Å². The first-order chi connectivity index (χ1) is 13.4. The van der Waals surface area contributed by atoms with Crippen molar-refractivity contribution in [2.75, 3.05) is 50.4 Å². The molecule has 8 heteroatoms. The smallest absolute Gasteiger partial charge is 0.232 e. The lowest BCUT2D eigenvalue weighted by atomic mass is 10.1. The highest BCUT2D eigenvalue weighted by atomic mass is 32.2. The number of sulfonamides is 1. The minimum Gasteiger partial charge on any atom is -0.497 e. The van der Waals surface area contributed by atoms with Crippen LogP contribution in [-0.4, -0.2) is 65.3 Å². The van der Waals surface area contributed by atoms with E-state index in [4.69, 9.17) is 4.74 Å². The van der Waals surface area contributed by atoms with Crippen molar-refractivity contribution >= 4 is 21.6 Å². The zero-order valence-corrected chi connectivity index (χ0v) is 17.8. The number of carbonyl (C=O) groups excluding carboxylic acids is 1. The molecule has 28 heavy (non-hydrogen) atoms. The molecule has 1 aliphatic rings. The molecule has 0 saturated carbocycles. The van der Waals surface area contributed by atoms with Crippen molar-refractivity contribution in [3.05, 3.63) is 24.3 Å². The summed E-state index contributed by atoms with van der Waals surface area (Å²) < 4.78 is 30.8. The van der Waals surface area contributed by atoms with Crippen LogP contribution in [0.5, 0.6) is 5.75 Å². The van der Waals surface area contributed by atoms with Gasteiger partial charge in [-0.05, 0) is 57.5 Å². The molecule has 0 spiro atoms. The molecule has 0 atom stereocenters. The van der Waals surface area contributed by atoms with E-state index in [0.717, 1.165) is 13.0 Å². The summed E-state index contributed by atoms with van der Waals surface area (Å²) in [6.45, 7) is 4.28. The molecular formula is C20H33N3O4S. The number of nitrogens with one attached hydrogen (secondary N) is 1. The maximum Gasteiger partial charge on any atom is 0.232 e. The van der Waals surface area contributed by atoms with E-state index >= 15 is 0 Å². The Morgan fingerprint density at radius 3 is 2.64 bits per heavy atom. The molecule has 158 valence electrons. The van der Waals surface area contributed by atoms with Crippen LogP contribution < -0.4 is 14.4 Å². The van der Waals surface area contributed by atoms with Crippen LogP contribution in [0.3, 0.4) is 0 Å². The van der Waals surface area contributed by atoms with Crippen molar-refractivity contribution in [3.63, 3.8) is 0 Å². The van der Waals surface area contributed by atoms with Gasteiger partial charge in [0, 0.05) is 25.6 Å². The Morgan fingerprint density at radius 1 is 1.21 bits per heavy atom. The lowest BCUT2D eigenvalue weighted by Crippen LogP contribution is -2.34. The number of nitrogens with zero attached hydrogens (tertiary/aromatic N) is 2. The number of hydrogen-bond donors (Lipinski definition) is 1. The monoisotopic (exact) mass is 411 g/mol. The Balaban J connectivity index is 1.73. The molecular weight excluding hydrogens is 378 g/mol. The van der Waals surface area contributed by atoms with E-state index in [1.807, 2.05) is 0 Å². The Bertz CT molecular complexity index is 718. The van der Waals surface area contributed by atoms with Gasteiger partial charge in [0.1, 0.15) is 5.75 Å². The number of amides is 1. The quantitative estimate of drug-likeness (QED) is 0.565. The number of anilines is 1. The minimum atomic E-state index is -3.43. The standard InChI is InChI=1S/C20H33N3O4S/c1-27-19-10-6-9-18(17-19)23(28(2,25)26)16-7-11-20(24)21-12-8-15-22-13-4-3-5-14-22/h6,9-10,17H,3-5,7-8,11-16H2,1-2H3,(H,21,24). The van der Waals surface area contributed by atoms with Gasteiger partial charge in [-0.2, -0.15) is 0 Å². The summed E-state index contributed by atoms with van der Waals surface area (Å²) in [5, 5.41) is 2.94. The van der Waals surface area contributed by atoms with Crippen molar-refractivity contribution < 1.29 is 17.9 Å². The molecule has 0 aromatic heterocycles. The summed E-state index contributed by atoms with van der Waals surface area (Å²) in [4.78, 5) is 14.5. The summed E-state index contributed by atoms with van der Waals surface area (Å²) in [6, 6.07) is 6.93. The Labute approximate surface area is 169 Å². The first kappa shape index (κ1) is 22.5. The summed E-state index contributed by atoms with van der Waals surface area (Å²) in [6.07, 6.45) is 6.76. The van der Waals surface area contributed by atoms with Gasteiger partial charge in [-0.1, -0.05) is 12.5 Å². The fourth-order valence-electron chi connectivity index (χ4n) is 3.44. The third-order valence-corrected chi connectivity index (χ3v) is 6.12. The summed E-state index contributed by atoms with van der Waals surface area (Å²) in [5.41, 5.74) is 0.545. The van der Waals surface area contributed by atoms with Gasteiger partial charge in [-0.3, -0.25) is 9.10 Å². The maximum absolute atomic E-state index is 12.1. The fraction of sp³-hybridized carbons (Fsp3) is 0.650. The van der Waals surface area contributed by atoms with Crippen LogP contribution in [0.2, 0.25) is 0 Å². The zero-order chi connectivity index (χ0) is 20.4. The molecule has 0 unspecified atom stereocenters. The van der Waals surface area contributed by atoms with Gasteiger partial charge in [0.2, 0.25) is 15.9 Å². The predicted molar refractivity (Wildman–Crippen MR) is 112 cm³/mol. The number of methoxy groups -OCH3 is 1. The third-order valence-electron chi connectivity index (χ3n) is 4.93. The minimum absolute atomic E-state index is 0.0299. The van der Waals surface area contributed by atoms with Gasteiger partial charge >= 0.3 is 0 Å². The van der Waals surface area contributed by atoms with Crippen molar-refractivity contribution in [2.24, 2.45) is 0 Å². The molecule has 1 heterocycles. The highest BCUT2D eigenvalue weighted by molar-refractivity contribution is 7.92. The van der Waals surface area contributed by atoms with Gasteiger partial charge < -0.3 is 15.0 Å². The van der Waals surface area contributed by atoms with E-state index in [9.17, 15) is 13.2 Å². The number of carbonyl (C=O) groups is 1.